The number of hydrogen-bond donors (Lipinski definition) is 1. The van der Waals surface area contributed by atoms with E-state index in [1.807, 2.05) is 18.2 Å². The topological polar surface area (TPSA) is 60.2 Å². The van der Waals surface area contributed by atoms with Crippen molar-refractivity contribution >= 4 is 21.4 Å². The molecule has 0 spiro atoms. The van der Waals surface area contributed by atoms with E-state index >= 15 is 0 Å². The maximum atomic E-state index is 11.9. The van der Waals surface area contributed by atoms with Crippen LogP contribution in [0.1, 0.15) is 18.4 Å². The van der Waals surface area contributed by atoms with Crippen LogP contribution in [0.15, 0.2) is 24.3 Å². The number of nitrogens with two attached hydrogens (primary N) is 1. The smallest absolute Gasteiger partial charge is 0.153 e. The summed E-state index contributed by atoms with van der Waals surface area (Å²) in [6.07, 6.45) is 0. The molecular weight excluding hydrogens is 258 g/mol. The van der Waals surface area contributed by atoms with Gasteiger partial charge in [-0.05, 0) is 30.2 Å². The maximum Gasteiger partial charge on any atom is 0.153 e. The second-order valence-corrected chi connectivity index (χ2v) is 7.28. The van der Waals surface area contributed by atoms with Gasteiger partial charge in [-0.1, -0.05) is 30.7 Å². The first-order valence-corrected chi connectivity index (χ1v) is 7.77. The number of hydrogen-bond acceptors (Lipinski definition) is 3. The molecule has 1 aliphatic rings. The zero-order valence-electron chi connectivity index (χ0n) is 9.64. The Morgan fingerprint density at radius 3 is 2.65 bits per heavy atom. The van der Waals surface area contributed by atoms with Crippen LogP contribution in [-0.2, 0) is 9.84 Å². The summed E-state index contributed by atoms with van der Waals surface area (Å²) in [4.78, 5) is 0. The van der Waals surface area contributed by atoms with Crippen LogP contribution < -0.4 is 5.73 Å². The molecule has 0 radical (unpaired) electrons. The van der Waals surface area contributed by atoms with E-state index in [9.17, 15) is 8.42 Å². The highest BCUT2D eigenvalue weighted by molar-refractivity contribution is 7.92. The number of halogens is 1. The monoisotopic (exact) mass is 273 g/mol. The third-order valence-corrected chi connectivity index (χ3v) is 5.93. The highest BCUT2D eigenvalue weighted by atomic mass is 35.5. The van der Waals surface area contributed by atoms with Gasteiger partial charge in [0.1, 0.15) is 0 Å². The number of rotatable bonds is 4. The third kappa shape index (κ3) is 2.34. The molecule has 0 saturated heterocycles. The van der Waals surface area contributed by atoms with Gasteiger partial charge in [-0.15, -0.1) is 0 Å². The van der Waals surface area contributed by atoms with Crippen LogP contribution in [-0.4, -0.2) is 26.0 Å². The van der Waals surface area contributed by atoms with Gasteiger partial charge in [-0.3, -0.25) is 0 Å². The normalized spacial score (nSPS) is 28.1. The molecule has 1 aromatic carbocycles. The van der Waals surface area contributed by atoms with E-state index in [0.717, 1.165) is 5.56 Å². The molecule has 0 aliphatic heterocycles. The van der Waals surface area contributed by atoms with Gasteiger partial charge in [-0.2, -0.15) is 0 Å². The van der Waals surface area contributed by atoms with E-state index in [-0.39, 0.29) is 22.8 Å². The molecule has 1 aliphatic carbocycles. The van der Waals surface area contributed by atoms with E-state index in [1.54, 1.807) is 13.0 Å². The standard InChI is InChI=1S/C12H16ClNO2S/c1-2-17(15,16)12-10(7-14)11(12)8-4-3-5-9(13)6-8/h3-6,10-12H,2,7,14H2,1H3/t10-,11+,12+/m1/s1. The molecule has 94 valence electrons. The fraction of sp³-hybridized carbons (Fsp3) is 0.500. The lowest BCUT2D eigenvalue weighted by molar-refractivity contribution is 0.593. The quantitative estimate of drug-likeness (QED) is 0.910. The lowest BCUT2D eigenvalue weighted by Crippen LogP contribution is -2.15. The minimum atomic E-state index is -3.02. The van der Waals surface area contributed by atoms with Gasteiger partial charge in [0, 0.05) is 16.7 Å². The van der Waals surface area contributed by atoms with Gasteiger partial charge in [0.15, 0.2) is 9.84 Å². The zero-order valence-corrected chi connectivity index (χ0v) is 11.2. The fourth-order valence-corrected chi connectivity index (χ4v) is 4.57. The lowest BCUT2D eigenvalue weighted by Gasteiger charge is -2.01. The Morgan fingerprint density at radius 2 is 2.12 bits per heavy atom. The zero-order chi connectivity index (χ0) is 12.6. The SMILES string of the molecule is CCS(=O)(=O)[C@H]1[C@H](CN)[C@@H]1c1cccc(Cl)c1. The minimum absolute atomic E-state index is 0.0173. The Morgan fingerprint density at radius 1 is 1.41 bits per heavy atom. The molecule has 5 heteroatoms. The first-order valence-electron chi connectivity index (χ1n) is 5.68. The Kier molecular flexibility index (Phi) is 3.48. The summed E-state index contributed by atoms with van der Waals surface area (Å²) < 4.78 is 23.8. The predicted octanol–water partition coefficient (Wildman–Crippen LogP) is 1.82. The predicted molar refractivity (Wildman–Crippen MR) is 70.0 cm³/mol. The highest BCUT2D eigenvalue weighted by Crippen LogP contribution is 2.52. The molecule has 0 amide bonds. The number of sulfone groups is 1. The summed E-state index contributed by atoms with van der Waals surface area (Å²) in [5.41, 5.74) is 6.63. The lowest BCUT2D eigenvalue weighted by atomic mass is 10.1. The molecule has 0 bridgehead atoms. The average molecular weight is 274 g/mol. The van der Waals surface area contributed by atoms with Crippen molar-refractivity contribution in [1.29, 1.82) is 0 Å². The van der Waals surface area contributed by atoms with Crippen molar-refractivity contribution in [2.45, 2.75) is 18.1 Å². The molecule has 0 unspecified atom stereocenters. The number of benzene rings is 1. The van der Waals surface area contributed by atoms with Crippen LogP contribution in [0.2, 0.25) is 5.02 Å². The van der Waals surface area contributed by atoms with Crippen molar-refractivity contribution in [3.63, 3.8) is 0 Å². The molecule has 2 rings (SSSR count). The maximum absolute atomic E-state index is 11.9. The van der Waals surface area contributed by atoms with Gasteiger partial charge in [0.2, 0.25) is 0 Å². The summed E-state index contributed by atoms with van der Waals surface area (Å²) in [7, 11) is -3.02. The second-order valence-electron chi connectivity index (χ2n) is 4.40. The molecule has 0 heterocycles. The van der Waals surface area contributed by atoms with Crippen molar-refractivity contribution in [3.05, 3.63) is 34.9 Å². The van der Waals surface area contributed by atoms with Crippen LogP contribution >= 0.6 is 11.6 Å². The first-order chi connectivity index (χ1) is 8.01. The minimum Gasteiger partial charge on any atom is -0.330 e. The molecule has 2 N–H and O–H groups in total. The summed E-state index contributed by atoms with van der Waals surface area (Å²) in [5, 5.41) is 0.314. The molecule has 17 heavy (non-hydrogen) atoms. The van der Waals surface area contributed by atoms with Gasteiger partial charge in [0.25, 0.3) is 0 Å². The van der Waals surface area contributed by atoms with Crippen LogP contribution in [0.25, 0.3) is 0 Å². The summed E-state index contributed by atoms with van der Waals surface area (Å²) >= 11 is 5.92. The van der Waals surface area contributed by atoms with Gasteiger partial charge in [0.05, 0.1) is 5.25 Å². The Bertz CT molecular complexity index is 515. The molecule has 1 aromatic rings. The Labute approximate surface area is 107 Å². The molecule has 0 aromatic heterocycles. The van der Waals surface area contributed by atoms with Crippen LogP contribution in [0.4, 0.5) is 0 Å². The largest absolute Gasteiger partial charge is 0.330 e. The van der Waals surface area contributed by atoms with E-state index < -0.39 is 9.84 Å². The van der Waals surface area contributed by atoms with Crippen LogP contribution in [0, 0.1) is 5.92 Å². The molecule has 3 atom stereocenters. The van der Waals surface area contributed by atoms with Crippen molar-refractivity contribution in [2.75, 3.05) is 12.3 Å². The van der Waals surface area contributed by atoms with Gasteiger partial charge >= 0.3 is 0 Å². The van der Waals surface area contributed by atoms with E-state index in [2.05, 4.69) is 0 Å². The van der Waals surface area contributed by atoms with E-state index in [0.29, 0.717) is 11.6 Å². The Balaban J connectivity index is 2.29. The van der Waals surface area contributed by atoms with Crippen molar-refractivity contribution in [1.82, 2.24) is 0 Å². The van der Waals surface area contributed by atoms with Crippen LogP contribution in [0.5, 0.6) is 0 Å². The van der Waals surface area contributed by atoms with Gasteiger partial charge in [-0.25, -0.2) is 8.42 Å². The van der Waals surface area contributed by atoms with E-state index in [4.69, 9.17) is 17.3 Å². The summed E-state index contributed by atoms with van der Waals surface area (Å²) in [6.45, 7) is 2.08. The second kappa shape index (κ2) is 4.59. The average Bonchev–Trinajstić information content (AvgIpc) is 3.04. The van der Waals surface area contributed by atoms with Gasteiger partial charge < -0.3 is 5.73 Å². The molecule has 1 saturated carbocycles. The fourth-order valence-electron chi connectivity index (χ4n) is 2.46. The van der Waals surface area contributed by atoms with Crippen molar-refractivity contribution in [3.8, 4) is 0 Å². The van der Waals surface area contributed by atoms with Crippen molar-refractivity contribution < 1.29 is 8.42 Å². The Hall–Kier alpha value is -0.580. The van der Waals surface area contributed by atoms with Crippen molar-refractivity contribution in [2.24, 2.45) is 11.7 Å². The molecule has 1 fully saturated rings. The molecule has 3 nitrogen and oxygen atoms in total. The highest BCUT2D eigenvalue weighted by Gasteiger charge is 2.56. The van der Waals surface area contributed by atoms with E-state index in [1.165, 1.54) is 0 Å². The first kappa shape index (κ1) is 12.9. The van der Waals surface area contributed by atoms with Crippen LogP contribution in [0.3, 0.4) is 0 Å². The molecular formula is C12H16ClNO2S. The summed E-state index contributed by atoms with van der Waals surface area (Å²) in [6, 6.07) is 7.39. The summed E-state index contributed by atoms with van der Waals surface area (Å²) in [5.74, 6) is 0.229. The third-order valence-electron chi connectivity index (χ3n) is 3.42.